The molecular weight excluding hydrogens is 753 g/mol. The zero-order valence-corrected chi connectivity index (χ0v) is 28.8. The van der Waals surface area contributed by atoms with E-state index >= 15 is 0 Å². The van der Waals surface area contributed by atoms with Gasteiger partial charge in [0.05, 0.1) is 5.58 Å². The molecule has 1 radical (unpaired) electrons. The molecule has 0 unspecified atom stereocenters. The van der Waals surface area contributed by atoms with Gasteiger partial charge in [-0.3, -0.25) is 0 Å². The molecule has 0 atom stereocenters. The molecule has 233 valence electrons. The molecule has 4 heteroatoms. The van der Waals surface area contributed by atoms with Gasteiger partial charge in [-0.05, 0) is 51.3 Å². The van der Waals surface area contributed by atoms with E-state index < -0.39 is 11.8 Å². The van der Waals surface area contributed by atoms with Gasteiger partial charge < -0.3 is 14.4 Å². The van der Waals surface area contributed by atoms with E-state index in [1.165, 1.54) is 0 Å². The number of nitrogens with zero attached hydrogens (tertiary/aromatic N) is 2. The van der Waals surface area contributed by atoms with Crippen molar-refractivity contribution in [1.82, 2.24) is 9.97 Å². The molecule has 0 aliphatic rings. The van der Waals surface area contributed by atoms with E-state index in [1.54, 1.807) is 6.20 Å². The monoisotopic (exact) mass is 789 g/mol. The third-order valence-electron chi connectivity index (χ3n) is 7.73. The first-order valence-electron chi connectivity index (χ1n) is 16.4. The summed E-state index contributed by atoms with van der Waals surface area (Å²) < 4.78 is 23.5. The van der Waals surface area contributed by atoms with Crippen LogP contribution in [0.3, 0.4) is 0 Å². The molecule has 0 saturated heterocycles. The van der Waals surface area contributed by atoms with Crippen molar-refractivity contribution >= 4 is 32.7 Å². The summed E-state index contributed by atoms with van der Waals surface area (Å²) in [5, 5.41) is 4.39. The van der Waals surface area contributed by atoms with Crippen LogP contribution < -0.4 is 0 Å². The Morgan fingerprint density at radius 2 is 1.40 bits per heavy atom. The Morgan fingerprint density at radius 3 is 2.13 bits per heavy atom. The van der Waals surface area contributed by atoms with E-state index in [-0.39, 0.29) is 20.1 Å². The summed E-state index contributed by atoms with van der Waals surface area (Å²) in [6.45, 7) is 5.77. The Labute approximate surface area is 292 Å². The summed E-state index contributed by atoms with van der Waals surface area (Å²) >= 11 is 0. The first kappa shape index (κ1) is 29.5. The van der Waals surface area contributed by atoms with Gasteiger partial charge in [0.1, 0.15) is 5.58 Å². The first-order valence-corrected chi connectivity index (χ1v) is 15.4. The van der Waals surface area contributed by atoms with Gasteiger partial charge in [0.2, 0.25) is 0 Å². The Balaban J connectivity index is 0.000000270. The number of pyridine rings is 2. The maximum absolute atomic E-state index is 8.51. The molecule has 5 aromatic carbocycles. The average molecular weight is 789 g/mol. The molecule has 0 aliphatic heterocycles. The van der Waals surface area contributed by atoms with Gasteiger partial charge >= 0.3 is 0 Å². The maximum Gasteiger partial charge on any atom is 0.128 e. The van der Waals surface area contributed by atoms with Crippen molar-refractivity contribution in [3.05, 3.63) is 157 Å². The van der Waals surface area contributed by atoms with Gasteiger partial charge in [-0.1, -0.05) is 117 Å². The maximum atomic E-state index is 8.51. The molecule has 47 heavy (non-hydrogen) atoms. The second kappa shape index (κ2) is 13.8. The van der Waals surface area contributed by atoms with Crippen LogP contribution in [0, 0.1) is 17.5 Å². The van der Waals surface area contributed by atoms with Crippen molar-refractivity contribution in [3.8, 4) is 33.6 Å². The van der Waals surface area contributed by atoms with E-state index in [0.717, 1.165) is 66.4 Å². The number of hydrogen-bond donors (Lipinski definition) is 0. The number of aromatic nitrogens is 2. The molecule has 3 aromatic heterocycles. The summed E-state index contributed by atoms with van der Waals surface area (Å²) in [4.78, 5) is 8.97. The van der Waals surface area contributed by atoms with E-state index in [1.807, 2.05) is 130 Å². The van der Waals surface area contributed by atoms with Crippen molar-refractivity contribution in [3.63, 3.8) is 0 Å². The first-order chi connectivity index (χ1) is 23.2. The predicted molar refractivity (Wildman–Crippen MR) is 190 cm³/mol. The number of benzene rings is 5. The van der Waals surface area contributed by atoms with Crippen LogP contribution in [0.5, 0.6) is 0 Å². The molecule has 0 fully saturated rings. The Morgan fingerprint density at radius 1 is 0.638 bits per heavy atom. The molecule has 3 nitrogen and oxygen atoms in total. The molecular formula is C43H34IrN2O-2. The summed E-state index contributed by atoms with van der Waals surface area (Å²) in [6, 6.07) is 48.4. The van der Waals surface area contributed by atoms with Gasteiger partial charge in [0.25, 0.3) is 0 Å². The molecule has 0 saturated carbocycles. The predicted octanol–water partition coefficient (Wildman–Crippen LogP) is 11.4. The van der Waals surface area contributed by atoms with Crippen molar-refractivity contribution in [2.24, 2.45) is 5.41 Å². The van der Waals surface area contributed by atoms with E-state index in [2.05, 4.69) is 41.4 Å². The minimum Gasteiger partial charge on any atom is -0.500 e. The standard InChI is InChI=1S/C32H26NO.C11H8N.Ir/c1-32(2,3)19-21-11-13-22(14-12-21)24-16-18-29(33-20-24)28-10-6-9-26-27-17-15-23-7-4-5-8-25(23)30(27)34-31(26)28;1-2-6-10(7-3-1)11-8-4-5-9-12-11;/h4-9,11-18,20H,19H2,1-3H3;1-6,8-9H;/q2*-1;/i19D2;;. The van der Waals surface area contributed by atoms with Crippen LogP contribution >= 0.6 is 0 Å². The van der Waals surface area contributed by atoms with Gasteiger partial charge in [0, 0.05) is 46.0 Å². The summed E-state index contributed by atoms with van der Waals surface area (Å²) in [5.41, 5.74) is 7.50. The fraction of sp³-hybridized carbons (Fsp3) is 0.116. The minimum atomic E-state index is -1.42. The van der Waals surface area contributed by atoms with Gasteiger partial charge in [-0.25, -0.2) is 0 Å². The summed E-state index contributed by atoms with van der Waals surface area (Å²) in [5.74, 6) is 0. The molecule has 0 aliphatic carbocycles. The molecule has 8 rings (SSSR count). The second-order valence-corrected chi connectivity index (χ2v) is 12.2. The fourth-order valence-electron chi connectivity index (χ4n) is 5.63. The van der Waals surface area contributed by atoms with Crippen LogP contribution in [0.4, 0.5) is 0 Å². The quantitative estimate of drug-likeness (QED) is 0.167. The van der Waals surface area contributed by atoms with Crippen LogP contribution in [-0.2, 0) is 26.5 Å². The second-order valence-electron chi connectivity index (χ2n) is 12.2. The number of fused-ring (bicyclic) bond motifs is 5. The van der Waals surface area contributed by atoms with Crippen LogP contribution in [0.1, 0.15) is 29.1 Å². The van der Waals surface area contributed by atoms with Gasteiger partial charge in [-0.15, -0.1) is 54.1 Å². The van der Waals surface area contributed by atoms with E-state index in [9.17, 15) is 0 Å². The van der Waals surface area contributed by atoms with Crippen LogP contribution in [0.2, 0.25) is 0 Å². The number of furan rings is 1. The molecule has 0 spiro atoms. The van der Waals surface area contributed by atoms with Crippen molar-refractivity contribution < 1.29 is 27.3 Å². The minimum absolute atomic E-state index is 0. The molecule has 3 heterocycles. The van der Waals surface area contributed by atoms with Gasteiger partial charge in [0.15, 0.2) is 0 Å². The van der Waals surface area contributed by atoms with Crippen molar-refractivity contribution in [1.29, 1.82) is 0 Å². The number of rotatable bonds is 4. The average Bonchev–Trinajstić information content (AvgIpc) is 3.52. The zero-order chi connectivity index (χ0) is 33.3. The zero-order valence-electron chi connectivity index (χ0n) is 28.4. The molecule has 0 bridgehead atoms. The van der Waals surface area contributed by atoms with Crippen molar-refractivity contribution in [2.45, 2.75) is 27.1 Å². The molecule has 0 amide bonds. The summed E-state index contributed by atoms with van der Waals surface area (Å²) in [6.07, 6.45) is 2.23. The smallest absolute Gasteiger partial charge is 0.128 e. The van der Waals surface area contributed by atoms with Crippen molar-refractivity contribution in [2.75, 3.05) is 0 Å². The van der Waals surface area contributed by atoms with E-state index in [0.29, 0.717) is 5.56 Å². The number of hydrogen-bond acceptors (Lipinski definition) is 3. The largest absolute Gasteiger partial charge is 0.500 e. The van der Waals surface area contributed by atoms with Crippen LogP contribution in [-0.4, -0.2) is 9.97 Å². The molecule has 0 N–H and O–H groups in total. The third kappa shape index (κ3) is 7.10. The topological polar surface area (TPSA) is 38.9 Å². The van der Waals surface area contributed by atoms with Crippen LogP contribution in [0.25, 0.3) is 66.4 Å². The fourth-order valence-corrected chi connectivity index (χ4v) is 5.63. The summed E-state index contributed by atoms with van der Waals surface area (Å²) in [7, 11) is 0. The SMILES string of the molecule is [2H]C([2H])(c1ccc(-c2ccc(-c3[c-]ccc4c3oc3c5ccccc5ccc43)nc2)cc1)C(C)(C)C.[Ir].[c-]1ccccc1-c1ccccn1. The molecule has 8 aromatic rings. The normalized spacial score (nSPS) is 12.1. The third-order valence-corrected chi connectivity index (χ3v) is 7.73. The van der Waals surface area contributed by atoms with Crippen LogP contribution in [0.15, 0.2) is 144 Å². The van der Waals surface area contributed by atoms with E-state index in [4.69, 9.17) is 12.1 Å². The Hall–Kier alpha value is -4.89. The Kier molecular flexibility index (Phi) is 8.69. The Bertz CT molecular complexity index is 2290. The van der Waals surface area contributed by atoms with Gasteiger partial charge in [-0.2, -0.15) is 0 Å².